The van der Waals surface area contributed by atoms with Crippen molar-refractivity contribution in [2.24, 2.45) is 10.9 Å². The number of hydrogen-bond acceptors (Lipinski definition) is 4. The summed E-state index contributed by atoms with van der Waals surface area (Å²) in [5.41, 5.74) is 5.44. The van der Waals surface area contributed by atoms with E-state index >= 15 is 0 Å². The molecule has 1 heterocycles. The Morgan fingerprint density at radius 1 is 1.73 bits per heavy atom. The van der Waals surface area contributed by atoms with E-state index in [9.17, 15) is 0 Å². The number of nitrogens with two attached hydrogens (primary N) is 1. The van der Waals surface area contributed by atoms with Crippen molar-refractivity contribution in [3.05, 3.63) is 23.5 Å². The summed E-state index contributed by atoms with van der Waals surface area (Å²) in [6.07, 6.45) is 3.12. The summed E-state index contributed by atoms with van der Waals surface area (Å²) in [5, 5.41) is 11.9. The molecule has 0 spiro atoms. The largest absolute Gasteiger partial charge is 0.481 e. The Morgan fingerprint density at radius 2 is 2.47 bits per heavy atom. The number of ether oxygens (including phenoxy) is 1. The van der Waals surface area contributed by atoms with Crippen molar-refractivity contribution in [2.75, 3.05) is 0 Å². The number of nitrogens with zero attached hydrogens (tertiary/aromatic N) is 2. The molecule has 1 aromatic heterocycles. The molecular weight excluding hydrogens is 218 g/mol. The molecule has 1 aromatic rings. The van der Waals surface area contributed by atoms with E-state index in [1.807, 2.05) is 6.92 Å². The van der Waals surface area contributed by atoms with Gasteiger partial charge < -0.3 is 15.7 Å². The van der Waals surface area contributed by atoms with Crippen LogP contribution in [-0.4, -0.2) is 22.1 Å². The van der Waals surface area contributed by atoms with E-state index in [1.54, 1.807) is 6.07 Å². The molecule has 6 heteroatoms. The van der Waals surface area contributed by atoms with Crippen molar-refractivity contribution in [2.45, 2.75) is 19.4 Å². The highest BCUT2D eigenvalue weighted by Crippen LogP contribution is 2.17. The maximum atomic E-state index is 8.51. The number of rotatable bonds is 4. The lowest BCUT2D eigenvalue weighted by molar-refractivity contribution is 0.246. The third-order valence-electron chi connectivity index (χ3n) is 1.77. The lowest BCUT2D eigenvalue weighted by atomic mass is 10.2. The number of halogens is 1. The van der Waals surface area contributed by atoms with Gasteiger partial charge in [0.15, 0.2) is 11.9 Å². The number of hydrogen-bond donors (Lipinski definition) is 2. The molecule has 0 fully saturated rings. The van der Waals surface area contributed by atoms with Crippen molar-refractivity contribution in [1.29, 1.82) is 0 Å². The van der Waals surface area contributed by atoms with Crippen LogP contribution in [0.5, 0.6) is 5.75 Å². The fourth-order valence-corrected chi connectivity index (χ4v) is 1.20. The lowest BCUT2D eigenvalue weighted by Crippen LogP contribution is -2.33. The second-order valence-corrected chi connectivity index (χ2v) is 3.31. The molecule has 82 valence electrons. The van der Waals surface area contributed by atoms with Gasteiger partial charge in [-0.05, 0) is 6.42 Å². The van der Waals surface area contributed by atoms with Crippen molar-refractivity contribution in [3.8, 4) is 5.75 Å². The first-order chi connectivity index (χ1) is 7.17. The molecular formula is C9H12ClN3O2. The van der Waals surface area contributed by atoms with Crippen LogP contribution in [0.4, 0.5) is 0 Å². The van der Waals surface area contributed by atoms with Gasteiger partial charge in [-0.25, -0.2) is 0 Å². The zero-order chi connectivity index (χ0) is 11.3. The molecule has 5 nitrogen and oxygen atoms in total. The van der Waals surface area contributed by atoms with Gasteiger partial charge in [-0.1, -0.05) is 23.7 Å². The molecule has 15 heavy (non-hydrogen) atoms. The van der Waals surface area contributed by atoms with Gasteiger partial charge in [0.2, 0.25) is 0 Å². The Bertz CT molecular complexity index is 357. The Labute approximate surface area is 92.5 Å². The number of oxime groups is 1. The van der Waals surface area contributed by atoms with E-state index in [2.05, 4.69) is 10.1 Å². The maximum absolute atomic E-state index is 8.51. The summed E-state index contributed by atoms with van der Waals surface area (Å²) in [5.74, 6) is 0.512. The first-order valence-corrected chi connectivity index (χ1v) is 4.79. The highest BCUT2D eigenvalue weighted by atomic mass is 35.5. The van der Waals surface area contributed by atoms with Crippen LogP contribution >= 0.6 is 11.6 Å². The van der Waals surface area contributed by atoms with Crippen LogP contribution in [0.2, 0.25) is 5.02 Å². The molecule has 0 aromatic carbocycles. The third-order valence-corrected chi connectivity index (χ3v) is 1.98. The first kappa shape index (κ1) is 11.6. The number of aromatic nitrogens is 1. The number of pyridine rings is 1. The van der Waals surface area contributed by atoms with Crippen molar-refractivity contribution in [3.63, 3.8) is 0 Å². The van der Waals surface area contributed by atoms with E-state index in [0.29, 0.717) is 17.2 Å². The fourth-order valence-electron chi connectivity index (χ4n) is 1.04. The van der Waals surface area contributed by atoms with Gasteiger partial charge >= 0.3 is 0 Å². The van der Waals surface area contributed by atoms with Crippen LogP contribution in [0, 0.1) is 0 Å². The summed E-state index contributed by atoms with van der Waals surface area (Å²) in [6, 6.07) is 1.61. The second kappa shape index (κ2) is 5.41. The van der Waals surface area contributed by atoms with Crippen LogP contribution in [0.3, 0.4) is 0 Å². The normalized spacial score (nSPS) is 13.6. The van der Waals surface area contributed by atoms with Crippen molar-refractivity contribution < 1.29 is 9.94 Å². The molecule has 0 radical (unpaired) electrons. The molecule has 0 bridgehead atoms. The predicted molar refractivity (Wildman–Crippen MR) is 57.4 cm³/mol. The van der Waals surface area contributed by atoms with Crippen LogP contribution in [0.25, 0.3) is 0 Å². The lowest BCUT2D eigenvalue weighted by Gasteiger charge is -2.15. The minimum Gasteiger partial charge on any atom is -0.481 e. The van der Waals surface area contributed by atoms with Gasteiger partial charge in [0, 0.05) is 12.3 Å². The topological polar surface area (TPSA) is 80.7 Å². The van der Waals surface area contributed by atoms with E-state index in [-0.39, 0.29) is 5.84 Å². The molecule has 0 aliphatic heterocycles. The summed E-state index contributed by atoms with van der Waals surface area (Å²) in [4.78, 5) is 3.86. The Balaban J connectivity index is 2.75. The SMILES string of the molecule is CCC(Oc1cncc(Cl)c1)C(N)=NO. The standard InChI is InChI=1S/C9H12ClN3O2/c1-2-8(9(11)13-14)15-7-3-6(10)4-12-5-7/h3-5,8,14H,2H2,1H3,(H2,11,13). The second-order valence-electron chi connectivity index (χ2n) is 2.88. The van der Waals surface area contributed by atoms with Crippen molar-refractivity contribution >= 4 is 17.4 Å². The molecule has 1 atom stereocenters. The van der Waals surface area contributed by atoms with Gasteiger partial charge in [0.05, 0.1) is 11.2 Å². The minimum absolute atomic E-state index is 0.0254. The first-order valence-electron chi connectivity index (χ1n) is 4.42. The van der Waals surface area contributed by atoms with Gasteiger partial charge in [0.1, 0.15) is 5.75 Å². The van der Waals surface area contributed by atoms with E-state index in [4.69, 9.17) is 27.3 Å². The highest BCUT2D eigenvalue weighted by Gasteiger charge is 2.13. The molecule has 0 saturated heterocycles. The monoisotopic (exact) mass is 229 g/mol. The summed E-state index contributed by atoms with van der Waals surface area (Å²) < 4.78 is 5.43. The maximum Gasteiger partial charge on any atom is 0.180 e. The molecule has 0 aliphatic carbocycles. The van der Waals surface area contributed by atoms with Gasteiger partial charge in [-0.3, -0.25) is 4.98 Å². The Morgan fingerprint density at radius 3 is 3.00 bits per heavy atom. The smallest absolute Gasteiger partial charge is 0.180 e. The summed E-state index contributed by atoms with van der Waals surface area (Å²) >= 11 is 5.73. The fraction of sp³-hybridized carbons (Fsp3) is 0.333. The highest BCUT2D eigenvalue weighted by molar-refractivity contribution is 6.30. The Kier molecular flexibility index (Phi) is 4.17. The van der Waals surface area contributed by atoms with Crippen molar-refractivity contribution in [1.82, 2.24) is 4.98 Å². The van der Waals surface area contributed by atoms with E-state index in [0.717, 1.165) is 0 Å². The van der Waals surface area contributed by atoms with Crippen LogP contribution in [-0.2, 0) is 0 Å². The number of amidine groups is 1. The van der Waals surface area contributed by atoms with E-state index < -0.39 is 6.10 Å². The molecule has 0 amide bonds. The summed E-state index contributed by atoms with van der Waals surface area (Å²) in [6.45, 7) is 1.86. The van der Waals surface area contributed by atoms with Gasteiger partial charge in [-0.2, -0.15) is 0 Å². The Hall–Kier alpha value is -1.49. The van der Waals surface area contributed by atoms with Crippen LogP contribution in [0.15, 0.2) is 23.6 Å². The average Bonchev–Trinajstić information content (AvgIpc) is 2.25. The predicted octanol–water partition coefficient (Wildman–Crippen LogP) is 1.64. The quantitative estimate of drug-likeness (QED) is 0.356. The molecule has 1 rings (SSSR count). The molecule has 1 unspecified atom stereocenters. The average molecular weight is 230 g/mol. The van der Waals surface area contributed by atoms with Crippen LogP contribution in [0.1, 0.15) is 13.3 Å². The van der Waals surface area contributed by atoms with Gasteiger partial charge in [-0.15, -0.1) is 0 Å². The zero-order valence-electron chi connectivity index (χ0n) is 8.22. The molecule has 3 N–H and O–H groups in total. The third kappa shape index (κ3) is 3.28. The summed E-state index contributed by atoms with van der Waals surface area (Å²) in [7, 11) is 0. The van der Waals surface area contributed by atoms with Crippen LogP contribution < -0.4 is 10.5 Å². The molecule has 0 saturated carbocycles. The minimum atomic E-state index is -0.477. The van der Waals surface area contributed by atoms with E-state index in [1.165, 1.54) is 12.4 Å². The zero-order valence-corrected chi connectivity index (χ0v) is 8.98. The molecule has 0 aliphatic rings. The van der Waals surface area contributed by atoms with Gasteiger partial charge in [0.25, 0.3) is 0 Å².